The van der Waals surface area contributed by atoms with Crippen LogP contribution in [-0.2, 0) is 6.54 Å². The molecule has 2 aromatic carbocycles. The Morgan fingerprint density at radius 1 is 0.933 bits per heavy atom. The lowest BCUT2D eigenvalue weighted by Gasteiger charge is -2.29. The van der Waals surface area contributed by atoms with Gasteiger partial charge in [0.25, 0.3) is 5.91 Å². The van der Waals surface area contributed by atoms with Gasteiger partial charge in [-0.2, -0.15) is 5.10 Å². The number of hydrogen-bond donors (Lipinski definition) is 0. The highest BCUT2D eigenvalue weighted by Gasteiger charge is 2.32. The van der Waals surface area contributed by atoms with Crippen LogP contribution in [0.3, 0.4) is 0 Å². The Labute approximate surface area is 179 Å². The number of anilines is 1. The fourth-order valence-electron chi connectivity index (χ4n) is 4.20. The minimum absolute atomic E-state index is 0.00860. The van der Waals surface area contributed by atoms with E-state index in [2.05, 4.69) is 47.4 Å². The van der Waals surface area contributed by atoms with Gasteiger partial charge in [0.2, 0.25) is 0 Å². The van der Waals surface area contributed by atoms with E-state index in [9.17, 15) is 4.79 Å². The van der Waals surface area contributed by atoms with Crippen LogP contribution in [0.4, 0.5) is 5.82 Å². The summed E-state index contributed by atoms with van der Waals surface area (Å²) in [5.74, 6) is 0.897. The second-order valence-corrected chi connectivity index (χ2v) is 8.35. The summed E-state index contributed by atoms with van der Waals surface area (Å²) in [4.78, 5) is 20.3. The van der Waals surface area contributed by atoms with E-state index in [1.54, 1.807) is 5.51 Å². The number of aromatic nitrogens is 3. The number of amides is 1. The van der Waals surface area contributed by atoms with Crippen LogP contribution < -0.4 is 4.90 Å². The Hall–Kier alpha value is -3.25. The number of rotatable bonds is 3. The van der Waals surface area contributed by atoms with Crippen LogP contribution in [0.25, 0.3) is 22.3 Å². The zero-order valence-corrected chi connectivity index (χ0v) is 17.8. The van der Waals surface area contributed by atoms with Crippen LogP contribution in [-0.4, -0.2) is 27.2 Å². The van der Waals surface area contributed by atoms with Crippen molar-refractivity contribution in [2.75, 3.05) is 11.4 Å². The molecule has 0 bridgehead atoms. The molecule has 0 saturated carbocycles. The van der Waals surface area contributed by atoms with Gasteiger partial charge in [-0.3, -0.25) is 9.69 Å². The number of aryl methyl sites for hydroxylation is 3. The van der Waals surface area contributed by atoms with E-state index in [0.717, 1.165) is 52.4 Å². The van der Waals surface area contributed by atoms with E-state index < -0.39 is 0 Å². The predicted octanol–water partition coefficient (Wildman–Crippen LogP) is 5.34. The third-order valence-electron chi connectivity index (χ3n) is 5.57. The smallest absolute Gasteiger partial charge is 0.271 e. The zero-order valence-electron chi connectivity index (χ0n) is 17.0. The number of carbonyl (C=O) groups is 1. The maximum atomic E-state index is 13.4. The van der Waals surface area contributed by atoms with E-state index in [-0.39, 0.29) is 5.91 Å². The maximum absolute atomic E-state index is 13.4. The number of nitrogens with zero attached hydrogens (tertiary/aromatic N) is 4. The summed E-state index contributed by atoms with van der Waals surface area (Å²) in [6, 6.07) is 18.7. The van der Waals surface area contributed by atoms with Gasteiger partial charge in [0.05, 0.1) is 16.9 Å². The molecule has 0 aliphatic carbocycles. The van der Waals surface area contributed by atoms with Crippen molar-refractivity contribution >= 4 is 23.1 Å². The minimum atomic E-state index is 0.00860. The third kappa shape index (κ3) is 3.04. The Morgan fingerprint density at radius 3 is 2.40 bits per heavy atom. The van der Waals surface area contributed by atoms with Gasteiger partial charge in [-0.05, 0) is 37.0 Å². The van der Waals surface area contributed by atoms with Crippen LogP contribution >= 0.6 is 11.3 Å². The van der Waals surface area contributed by atoms with Gasteiger partial charge in [-0.1, -0.05) is 54.6 Å². The minimum Gasteiger partial charge on any atom is -0.292 e. The first kappa shape index (κ1) is 18.8. The first-order valence-electron chi connectivity index (χ1n) is 10.1. The molecule has 150 valence electrons. The Kier molecular flexibility index (Phi) is 4.71. The first-order valence-corrected chi connectivity index (χ1v) is 11.0. The molecule has 0 N–H and O–H groups in total. The van der Waals surface area contributed by atoms with Crippen LogP contribution in [0.1, 0.15) is 27.5 Å². The molecule has 1 aliphatic heterocycles. The molecular formula is C24H22N4OS. The standard InChI is InChI=1S/C24H22N4OS/c1-16-21(20-12-7-6-11-19(20)18-9-4-3-5-10-18)23-27(13-8-14-28(23)26-16)24(29)22-17(2)25-15-30-22/h3-7,9-12,15H,8,13-14H2,1-2H3. The van der Waals surface area contributed by atoms with Crippen molar-refractivity contribution in [3.05, 3.63) is 76.4 Å². The molecule has 1 amide bonds. The molecule has 0 fully saturated rings. The van der Waals surface area contributed by atoms with Gasteiger partial charge >= 0.3 is 0 Å². The SMILES string of the molecule is Cc1ncsc1C(=O)N1CCCn2nc(C)c(-c3ccccc3-c3ccccc3)c21. The van der Waals surface area contributed by atoms with E-state index in [1.807, 2.05) is 35.6 Å². The maximum Gasteiger partial charge on any atom is 0.271 e. The molecule has 5 rings (SSSR count). The summed E-state index contributed by atoms with van der Waals surface area (Å²) in [5, 5.41) is 4.81. The van der Waals surface area contributed by atoms with Gasteiger partial charge in [-0.15, -0.1) is 11.3 Å². The second-order valence-electron chi connectivity index (χ2n) is 7.50. The molecule has 30 heavy (non-hydrogen) atoms. The Morgan fingerprint density at radius 2 is 1.67 bits per heavy atom. The summed E-state index contributed by atoms with van der Waals surface area (Å²) >= 11 is 1.40. The summed E-state index contributed by atoms with van der Waals surface area (Å²) in [6.45, 7) is 5.42. The van der Waals surface area contributed by atoms with Gasteiger partial charge in [0.1, 0.15) is 10.7 Å². The predicted molar refractivity (Wildman–Crippen MR) is 121 cm³/mol. The molecule has 1 aliphatic rings. The van der Waals surface area contributed by atoms with E-state index in [0.29, 0.717) is 11.4 Å². The highest BCUT2D eigenvalue weighted by Crippen LogP contribution is 2.41. The summed E-state index contributed by atoms with van der Waals surface area (Å²) in [6.07, 6.45) is 0.886. The molecule has 0 unspecified atom stereocenters. The van der Waals surface area contributed by atoms with Crippen LogP contribution in [0.15, 0.2) is 60.1 Å². The molecule has 0 spiro atoms. The summed E-state index contributed by atoms with van der Waals surface area (Å²) < 4.78 is 1.99. The molecule has 4 aromatic rings. The molecule has 0 saturated heterocycles. The summed E-state index contributed by atoms with van der Waals surface area (Å²) in [7, 11) is 0. The first-order chi connectivity index (χ1) is 14.6. The van der Waals surface area contributed by atoms with Crippen molar-refractivity contribution < 1.29 is 4.79 Å². The van der Waals surface area contributed by atoms with Crippen LogP contribution in [0.5, 0.6) is 0 Å². The third-order valence-corrected chi connectivity index (χ3v) is 6.49. The fourth-order valence-corrected chi connectivity index (χ4v) is 4.95. The van der Waals surface area contributed by atoms with Crippen LogP contribution in [0.2, 0.25) is 0 Å². The van der Waals surface area contributed by atoms with Gasteiger partial charge < -0.3 is 0 Å². The van der Waals surface area contributed by atoms with Crippen molar-refractivity contribution in [1.82, 2.24) is 14.8 Å². The van der Waals surface area contributed by atoms with E-state index in [4.69, 9.17) is 5.10 Å². The molecule has 0 atom stereocenters. The fraction of sp³-hybridized carbons (Fsp3) is 0.208. The Balaban J connectivity index is 1.69. The lowest BCUT2D eigenvalue weighted by atomic mass is 9.94. The normalized spacial score (nSPS) is 13.3. The topological polar surface area (TPSA) is 51.0 Å². The number of hydrogen-bond acceptors (Lipinski definition) is 4. The molecule has 0 radical (unpaired) electrons. The highest BCUT2D eigenvalue weighted by molar-refractivity contribution is 7.12. The number of benzene rings is 2. The zero-order chi connectivity index (χ0) is 20.7. The van der Waals surface area contributed by atoms with Gasteiger partial charge in [0, 0.05) is 18.7 Å². The lowest BCUT2D eigenvalue weighted by Crippen LogP contribution is -2.37. The molecule has 5 nitrogen and oxygen atoms in total. The van der Waals surface area contributed by atoms with Crippen molar-refractivity contribution in [3.63, 3.8) is 0 Å². The molecule has 2 aromatic heterocycles. The summed E-state index contributed by atoms with van der Waals surface area (Å²) in [5.41, 5.74) is 7.88. The van der Waals surface area contributed by atoms with Gasteiger partial charge in [0.15, 0.2) is 0 Å². The number of fused-ring (bicyclic) bond motifs is 1. The van der Waals surface area contributed by atoms with Crippen molar-refractivity contribution in [3.8, 4) is 22.3 Å². The average molecular weight is 415 g/mol. The van der Waals surface area contributed by atoms with E-state index in [1.165, 1.54) is 11.3 Å². The largest absolute Gasteiger partial charge is 0.292 e. The quantitative estimate of drug-likeness (QED) is 0.455. The Bertz CT molecular complexity index is 1230. The molecular weight excluding hydrogens is 392 g/mol. The van der Waals surface area contributed by atoms with E-state index >= 15 is 0 Å². The second kappa shape index (κ2) is 7.54. The number of thiazole rings is 1. The van der Waals surface area contributed by atoms with Gasteiger partial charge in [-0.25, -0.2) is 9.67 Å². The molecule has 3 heterocycles. The molecule has 6 heteroatoms. The average Bonchev–Trinajstić information content (AvgIpc) is 3.35. The van der Waals surface area contributed by atoms with Crippen molar-refractivity contribution in [2.45, 2.75) is 26.8 Å². The highest BCUT2D eigenvalue weighted by atomic mass is 32.1. The lowest BCUT2D eigenvalue weighted by molar-refractivity contribution is 0.0984. The monoisotopic (exact) mass is 414 g/mol. The van der Waals surface area contributed by atoms with Crippen LogP contribution in [0, 0.1) is 13.8 Å². The number of carbonyl (C=O) groups excluding carboxylic acids is 1. The van der Waals surface area contributed by atoms with Crippen molar-refractivity contribution in [2.24, 2.45) is 0 Å². The van der Waals surface area contributed by atoms with Crippen molar-refractivity contribution in [1.29, 1.82) is 0 Å².